The molecule has 0 unspecified atom stereocenters. The molecule has 2 heterocycles. The number of benzene rings is 1. The van der Waals surface area contributed by atoms with Crippen molar-refractivity contribution in [2.45, 2.75) is 44.8 Å². The molecule has 4 amide bonds. The number of primary amides is 1. The van der Waals surface area contributed by atoms with Crippen LogP contribution in [0.1, 0.15) is 26.7 Å². The quantitative estimate of drug-likeness (QED) is 0.476. The van der Waals surface area contributed by atoms with Gasteiger partial charge in [-0.2, -0.15) is 0 Å². The van der Waals surface area contributed by atoms with Gasteiger partial charge in [0.15, 0.2) is 0 Å². The summed E-state index contributed by atoms with van der Waals surface area (Å²) >= 11 is 0. The molecule has 0 radical (unpaired) electrons. The highest BCUT2D eigenvalue weighted by molar-refractivity contribution is 6.05. The number of rotatable bonds is 6. The number of methoxy groups -OCH3 is 1. The molecule has 1 aromatic heterocycles. The molecule has 1 fully saturated rings. The number of nitrogens with zero attached hydrogens (tertiary/aromatic N) is 2. The second-order valence-electron chi connectivity index (χ2n) is 8.26. The number of aromatic nitrogens is 1. The Morgan fingerprint density at radius 2 is 1.94 bits per heavy atom. The van der Waals surface area contributed by atoms with Gasteiger partial charge in [0.2, 0.25) is 5.91 Å². The van der Waals surface area contributed by atoms with Crippen LogP contribution in [0.25, 0.3) is 10.9 Å². The molecule has 0 aliphatic carbocycles. The first kappa shape index (κ1) is 24.1. The Labute approximate surface area is 191 Å². The molecule has 11 heteroatoms. The topological polar surface area (TPSA) is 162 Å². The van der Waals surface area contributed by atoms with Crippen LogP contribution in [0.15, 0.2) is 30.5 Å². The Balaban J connectivity index is 1.81. The predicted molar refractivity (Wildman–Crippen MR) is 122 cm³/mol. The number of amides is 4. The fourth-order valence-electron chi connectivity index (χ4n) is 4.04. The largest absolute Gasteiger partial charge is 0.467 e. The van der Waals surface area contributed by atoms with E-state index in [0.717, 1.165) is 0 Å². The summed E-state index contributed by atoms with van der Waals surface area (Å²) in [5.41, 5.74) is 12.4. The monoisotopic (exact) mass is 458 g/mol. The van der Waals surface area contributed by atoms with Crippen molar-refractivity contribution >= 4 is 40.5 Å². The molecule has 1 aliphatic heterocycles. The van der Waals surface area contributed by atoms with Crippen LogP contribution in [0.3, 0.4) is 0 Å². The number of fused-ring (bicyclic) bond motifs is 1. The molecule has 6 N–H and O–H groups in total. The Morgan fingerprint density at radius 3 is 2.58 bits per heavy atom. The van der Waals surface area contributed by atoms with E-state index in [9.17, 15) is 19.2 Å². The molecule has 3 rings (SSSR count). The first-order chi connectivity index (χ1) is 15.7. The molecule has 1 saturated heterocycles. The van der Waals surface area contributed by atoms with Gasteiger partial charge in [0.1, 0.15) is 12.1 Å². The van der Waals surface area contributed by atoms with Gasteiger partial charge in [0.25, 0.3) is 0 Å². The standard InChI is InChI=1S/C22H30N6O5/c1-4-12(2)18(20(30)33-3)26-19(29)17-9-13(23)10-28(17)22(32)25-15-11-27(21(24)31)16-8-6-5-7-14(15)16/h5-8,11-13,17-18H,4,9-10,23H2,1-3H3,(H2,24,31)(H,25,32)(H,26,29)/t12-,13-,17-,18-/m0/s1. The maximum atomic E-state index is 13.1. The van der Waals surface area contributed by atoms with Crippen molar-refractivity contribution in [1.29, 1.82) is 0 Å². The summed E-state index contributed by atoms with van der Waals surface area (Å²) in [7, 11) is 1.26. The van der Waals surface area contributed by atoms with E-state index in [1.807, 2.05) is 13.8 Å². The lowest BCUT2D eigenvalue weighted by Crippen LogP contribution is -2.53. The molecule has 1 aromatic carbocycles. The van der Waals surface area contributed by atoms with Crippen LogP contribution in [0.4, 0.5) is 15.3 Å². The first-order valence-corrected chi connectivity index (χ1v) is 10.8. The molecular weight excluding hydrogens is 428 g/mol. The normalized spacial score (nSPS) is 19.7. The zero-order chi connectivity index (χ0) is 24.3. The number of carbonyl (C=O) groups excluding carboxylic acids is 4. The van der Waals surface area contributed by atoms with E-state index >= 15 is 0 Å². The number of para-hydroxylation sites is 1. The van der Waals surface area contributed by atoms with Crippen molar-refractivity contribution < 1.29 is 23.9 Å². The van der Waals surface area contributed by atoms with Crippen molar-refractivity contribution in [2.24, 2.45) is 17.4 Å². The lowest BCUT2D eigenvalue weighted by Gasteiger charge is -2.27. The first-order valence-electron chi connectivity index (χ1n) is 10.8. The molecule has 0 bridgehead atoms. The SMILES string of the molecule is CC[C@H](C)[C@H](NC(=O)[C@@H]1C[C@H](N)CN1C(=O)Nc1cn(C(N)=O)c2ccccc12)C(=O)OC. The smallest absolute Gasteiger partial charge is 0.328 e. The second kappa shape index (κ2) is 9.90. The van der Waals surface area contributed by atoms with Crippen LogP contribution in [0, 0.1) is 5.92 Å². The Morgan fingerprint density at radius 1 is 1.24 bits per heavy atom. The lowest BCUT2D eigenvalue weighted by molar-refractivity contribution is -0.147. The summed E-state index contributed by atoms with van der Waals surface area (Å²) in [5.74, 6) is -1.18. The average Bonchev–Trinajstić information content (AvgIpc) is 3.37. The fraction of sp³-hybridized carbons (Fsp3) is 0.455. The number of likely N-dealkylation sites (tertiary alicyclic amines) is 1. The minimum atomic E-state index is -0.860. The van der Waals surface area contributed by atoms with Crippen LogP contribution in [0.2, 0.25) is 0 Å². The van der Waals surface area contributed by atoms with E-state index < -0.39 is 42.1 Å². The van der Waals surface area contributed by atoms with Gasteiger partial charge in [-0.05, 0) is 18.4 Å². The van der Waals surface area contributed by atoms with Crippen molar-refractivity contribution in [2.75, 3.05) is 19.0 Å². The molecule has 11 nitrogen and oxygen atoms in total. The Bertz CT molecular complexity index is 1070. The summed E-state index contributed by atoms with van der Waals surface area (Å²) in [4.78, 5) is 51.5. The summed E-state index contributed by atoms with van der Waals surface area (Å²) in [6.07, 6.45) is 2.33. The molecule has 0 saturated carbocycles. The van der Waals surface area contributed by atoms with Crippen LogP contribution >= 0.6 is 0 Å². The van der Waals surface area contributed by atoms with Gasteiger partial charge < -0.3 is 31.7 Å². The summed E-state index contributed by atoms with van der Waals surface area (Å²) in [6.45, 7) is 3.90. The maximum Gasteiger partial charge on any atom is 0.328 e. The van der Waals surface area contributed by atoms with Gasteiger partial charge in [-0.25, -0.2) is 14.4 Å². The molecule has 2 aromatic rings. The van der Waals surface area contributed by atoms with Gasteiger partial charge in [-0.1, -0.05) is 38.5 Å². The highest BCUT2D eigenvalue weighted by atomic mass is 16.5. The Hall–Kier alpha value is -3.60. The zero-order valence-electron chi connectivity index (χ0n) is 18.9. The number of anilines is 1. The third-order valence-corrected chi connectivity index (χ3v) is 6.05. The summed E-state index contributed by atoms with van der Waals surface area (Å²) < 4.78 is 6.06. The van der Waals surface area contributed by atoms with E-state index in [2.05, 4.69) is 10.6 Å². The van der Waals surface area contributed by atoms with Crippen LogP contribution in [-0.2, 0) is 14.3 Å². The Kier molecular flexibility index (Phi) is 7.22. The molecular formula is C22H30N6O5. The van der Waals surface area contributed by atoms with E-state index in [0.29, 0.717) is 23.0 Å². The number of esters is 1. The van der Waals surface area contributed by atoms with E-state index in [-0.39, 0.29) is 18.9 Å². The number of urea groups is 1. The van der Waals surface area contributed by atoms with Crippen molar-refractivity contribution in [1.82, 2.24) is 14.8 Å². The number of hydrogen-bond donors (Lipinski definition) is 4. The van der Waals surface area contributed by atoms with Gasteiger partial charge >= 0.3 is 18.0 Å². The maximum absolute atomic E-state index is 13.1. The zero-order valence-corrected chi connectivity index (χ0v) is 18.9. The number of nitrogens with two attached hydrogens (primary N) is 2. The molecule has 1 aliphatic rings. The fourth-order valence-corrected chi connectivity index (χ4v) is 4.04. The summed E-state index contributed by atoms with van der Waals surface area (Å²) in [5, 5.41) is 6.10. The summed E-state index contributed by atoms with van der Waals surface area (Å²) in [6, 6.07) is 3.65. The molecule has 0 spiro atoms. The highest BCUT2D eigenvalue weighted by Crippen LogP contribution is 2.27. The van der Waals surface area contributed by atoms with Gasteiger partial charge in [-0.15, -0.1) is 0 Å². The van der Waals surface area contributed by atoms with Gasteiger partial charge in [0, 0.05) is 24.2 Å². The van der Waals surface area contributed by atoms with Gasteiger partial charge in [-0.3, -0.25) is 9.36 Å². The predicted octanol–water partition coefficient (Wildman–Crippen LogP) is 1.21. The van der Waals surface area contributed by atoms with Gasteiger partial charge in [0.05, 0.1) is 18.3 Å². The minimum Gasteiger partial charge on any atom is -0.467 e. The van der Waals surface area contributed by atoms with E-state index in [4.69, 9.17) is 16.2 Å². The average molecular weight is 459 g/mol. The number of nitrogens with one attached hydrogen (secondary N) is 2. The number of ether oxygens (including phenoxy) is 1. The third kappa shape index (κ3) is 4.92. The number of hydrogen-bond acceptors (Lipinski definition) is 6. The second-order valence-corrected chi connectivity index (χ2v) is 8.26. The number of carbonyl (C=O) groups is 4. The lowest BCUT2D eigenvalue weighted by atomic mass is 9.98. The van der Waals surface area contributed by atoms with Crippen LogP contribution in [-0.4, -0.2) is 65.2 Å². The third-order valence-electron chi connectivity index (χ3n) is 6.05. The van der Waals surface area contributed by atoms with Crippen LogP contribution < -0.4 is 22.1 Å². The minimum absolute atomic E-state index is 0.154. The molecule has 4 atom stereocenters. The van der Waals surface area contributed by atoms with Crippen LogP contribution in [0.5, 0.6) is 0 Å². The van der Waals surface area contributed by atoms with Crippen molar-refractivity contribution in [3.63, 3.8) is 0 Å². The van der Waals surface area contributed by atoms with Crippen molar-refractivity contribution in [3.8, 4) is 0 Å². The van der Waals surface area contributed by atoms with Crippen molar-refractivity contribution in [3.05, 3.63) is 30.5 Å². The highest BCUT2D eigenvalue weighted by Gasteiger charge is 2.40. The molecule has 33 heavy (non-hydrogen) atoms. The van der Waals surface area contributed by atoms with E-state index in [1.54, 1.807) is 24.3 Å². The van der Waals surface area contributed by atoms with E-state index in [1.165, 1.54) is 22.8 Å². The molecule has 178 valence electrons.